The van der Waals surface area contributed by atoms with Crippen molar-refractivity contribution in [1.29, 1.82) is 0 Å². The summed E-state index contributed by atoms with van der Waals surface area (Å²) >= 11 is 0. The van der Waals surface area contributed by atoms with Crippen molar-refractivity contribution < 1.29 is 14.2 Å². The highest BCUT2D eigenvalue weighted by atomic mass is 16.5. The van der Waals surface area contributed by atoms with Crippen LogP contribution in [0.3, 0.4) is 0 Å². The maximum Gasteiger partial charge on any atom is 0.203 e. The van der Waals surface area contributed by atoms with Crippen LogP contribution in [0.1, 0.15) is 36.1 Å². The van der Waals surface area contributed by atoms with Gasteiger partial charge < -0.3 is 19.5 Å². The highest BCUT2D eigenvalue weighted by Crippen LogP contribution is 2.39. The number of rotatable bonds is 6. The molecule has 0 radical (unpaired) electrons. The Bertz CT molecular complexity index is 704. The Hall–Kier alpha value is -2.20. The maximum absolute atomic E-state index is 5.47. The molecule has 0 aromatic heterocycles. The summed E-state index contributed by atoms with van der Waals surface area (Å²) in [6, 6.07) is 13.5. The molecule has 1 aliphatic rings. The Balaban J connectivity index is 1.76. The smallest absolute Gasteiger partial charge is 0.203 e. The molecule has 1 aliphatic carbocycles. The van der Waals surface area contributed by atoms with Crippen LogP contribution in [0.5, 0.6) is 17.2 Å². The van der Waals surface area contributed by atoms with Crippen molar-refractivity contribution in [1.82, 2.24) is 5.32 Å². The Morgan fingerprint density at radius 3 is 2.20 bits per heavy atom. The third kappa shape index (κ3) is 3.74. The van der Waals surface area contributed by atoms with Crippen LogP contribution in [0.4, 0.5) is 0 Å². The Labute approximate surface area is 150 Å². The van der Waals surface area contributed by atoms with Gasteiger partial charge in [-0.3, -0.25) is 0 Å². The van der Waals surface area contributed by atoms with Crippen LogP contribution in [0.25, 0.3) is 0 Å². The number of methoxy groups -OCH3 is 3. The highest BCUT2D eigenvalue weighted by molar-refractivity contribution is 5.54. The predicted molar refractivity (Wildman–Crippen MR) is 99.9 cm³/mol. The molecule has 0 saturated carbocycles. The summed E-state index contributed by atoms with van der Waals surface area (Å²) in [5.41, 5.74) is 4.08. The van der Waals surface area contributed by atoms with Gasteiger partial charge in [-0.1, -0.05) is 24.3 Å². The third-order valence-corrected chi connectivity index (χ3v) is 5.02. The molecular formula is C21H27NO3. The molecule has 0 aliphatic heterocycles. The van der Waals surface area contributed by atoms with E-state index in [2.05, 4.69) is 36.5 Å². The first kappa shape index (κ1) is 17.6. The van der Waals surface area contributed by atoms with Gasteiger partial charge in [-0.25, -0.2) is 0 Å². The van der Waals surface area contributed by atoms with Crippen molar-refractivity contribution in [2.24, 2.45) is 0 Å². The minimum Gasteiger partial charge on any atom is -0.493 e. The van der Waals surface area contributed by atoms with E-state index in [0.717, 1.165) is 24.8 Å². The zero-order chi connectivity index (χ0) is 17.8. The van der Waals surface area contributed by atoms with Gasteiger partial charge in [0, 0.05) is 12.1 Å². The summed E-state index contributed by atoms with van der Waals surface area (Å²) in [5, 5.41) is 3.76. The number of benzene rings is 2. The van der Waals surface area contributed by atoms with E-state index >= 15 is 0 Å². The molecule has 2 aromatic rings. The van der Waals surface area contributed by atoms with E-state index in [9.17, 15) is 0 Å². The van der Waals surface area contributed by atoms with E-state index in [-0.39, 0.29) is 6.04 Å². The van der Waals surface area contributed by atoms with Gasteiger partial charge in [0.15, 0.2) is 11.5 Å². The van der Waals surface area contributed by atoms with E-state index in [0.29, 0.717) is 23.3 Å². The van der Waals surface area contributed by atoms with Crippen LogP contribution in [-0.4, -0.2) is 27.4 Å². The fourth-order valence-corrected chi connectivity index (χ4v) is 3.64. The zero-order valence-electron chi connectivity index (χ0n) is 15.5. The Kier molecular flexibility index (Phi) is 5.49. The molecule has 0 amide bonds. The van der Waals surface area contributed by atoms with Gasteiger partial charge in [-0.05, 0) is 55.0 Å². The molecule has 2 aromatic carbocycles. The lowest BCUT2D eigenvalue weighted by Crippen LogP contribution is -2.36. The summed E-state index contributed by atoms with van der Waals surface area (Å²) in [5.74, 6) is 2.02. The van der Waals surface area contributed by atoms with E-state index in [1.165, 1.54) is 11.1 Å². The first-order chi connectivity index (χ1) is 12.2. The van der Waals surface area contributed by atoms with Crippen LogP contribution < -0.4 is 19.5 Å². The third-order valence-electron chi connectivity index (χ3n) is 5.02. The number of ether oxygens (including phenoxy) is 3. The van der Waals surface area contributed by atoms with Gasteiger partial charge in [-0.15, -0.1) is 0 Å². The Morgan fingerprint density at radius 2 is 1.60 bits per heavy atom. The lowest BCUT2D eigenvalue weighted by atomic mass is 9.88. The predicted octanol–water partition coefficient (Wildman–Crippen LogP) is 3.92. The molecule has 2 atom stereocenters. The normalized spacial score (nSPS) is 17.5. The zero-order valence-corrected chi connectivity index (χ0v) is 15.5. The van der Waals surface area contributed by atoms with Gasteiger partial charge in [0.25, 0.3) is 0 Å². The molecular weight excluding hydrogens is 314 g/mol. The van der Waals surface area contributed by atoms with E-state index in [4.69, 9.17) is 14.2 Å². The van der Waals surface area contributed by atoms with Gasteiger partial charge in [0.2, 0.25) is 5.75 Å². The quantitative estimate of drug-likeness (QED) is 0.864. The molecule has 0 spiro atoms. The van der Waals surface area contributed by atoms with Crippen molar-refractivity contribution in [3.05, 3.63) is 53.1 Å². The monoisotopic (exact) mass is 341 g/mol. The number of hydrogen-bond acceptors (Lipinski definition) is 4. The number of hydrogen-bond donors (Lipinski definition) is 1. The average Bonchev–Trinajstić information content (AvgIpc) is 2.66. The molecule has 0 fully saturated rings. The summed E-state index contributed by atoms with van der Waals surface area (Å²) in [4.78, 5) is 0. The van der Waals surface area contributed by atoms with Gasteiger partial charge >= 0.3 is 0 Å². The van der Waals surface area contributed by atoms with Crippen molar-refractivity contribution >= 4 is 0 Å². The molecule has 4 heteroatoms. The molecule has 1 N–H and O–H groups in total. The van der Waals surface area contributed by atoms with Crippen molar-refractivity contribution in [2.45, 2.75) is 38.3 Å². The van der Waals surface area contributed by atoms with Crippen LogP contribution in [0.2, 0.25) is 0 Å². The largest absolute Gasteiger partial charge is 0.493 e. The summed E-state index contributed by atoms with van der Waals surface area (Å²) in [6.07, 6.45) is 3.37. The first-order valence-electron chi connectivity index (χ1n) is 8.79. The summed E-state index contributed by atoms with van der Waals surface area (Å²) < 4.78 is 16.4. The molecule has 4 nitrogen and oxygen atoms in total. The number of fused-ring (bicyclic) bond motifs is 1. The topological polar surface area (TPSA) is 39.7 Å². The molecule has 0 heterocycles. The van der Waals surface area contributed by atoms with Crippen LogP contribution in [0, 0.1) is 0 Å². The lowest BCUT2D eigenvalue weighted by Gasteiger charge is -2.29. The second-order valence-corrected chi connectivity index (χ2v) is 6.56. The SMILES string of the molecule is COc1cc(C(C)NC2CCc3ccccc3C2)cc(OC)c1OC. The van der Waals surface area contributed by atoms with Gasteiger partial charge in [0.05, 0.1) is 21.3 Å². The second kappa shape index (κ2) is 7.79. The fraction of sp³-hybridized carbons (Fsp3) is 0.429. The van der Waals surface area contributed by atoms with Gasteiger partial charge in [-0.2, -0.15) is 0 Å². The molecule has 0 saturated heterocycles. The molecule has 0 bridgehead atoms. The standard InChI is InChI=1S/C21H27NO3/c1-14(17-12-19(23-2)21(25-4)20(13-17)24-3)22-18-10-9-15-7-5-6-8-16(15)11-18/h5-8,12-14,18,22H,9-11H2,1-4H3. The van der Waals surface area contributed by atoms with Crippen molar-refractivity contribution in [2.75, 3.05) is 21.3 Å². The summed E-state index contributed by atoms with van der Waals surface area (Å²) in [6.45, 7) is 2.18. The molecule has 134 valence electrons. The number of aryl methyl sites for hydroxylation is 1. The van der Waals surface area contributed by atoms with E-state index in [1.54, 1.807) is 21.3 Å². The Morgan fingerprint density at radius 1 is 0.960 bits per heavy atom. The minimum atomic E-state index is 0.198. The molecule has 25 heavy (non-hydrogen) atoms. The number of nitrogens with one attached hydrogen (secondary N) is 1. The maximum atomic E-state index is 5.47. The molecule has 3 rings (SSSR count). The van der Waals surface area contributed by atoms with Crippen LogP contribution >= 0.6 is 0 Å². The summed E-state index contributed by atoms with van der Waals surface area (Å²) in [7, 11) is 4.93. The second-order valence-electron chi connectivity index (χ2n) is 6.56. The van der Waals surface area contributed by atoms with Crippen molar-refractivity contribution in [3.8, 4) is 17.2 Å². The fourth-order valence-electron chi connectivity index (χ4n) is 3.64. The van der Waals surface area contributed by atoms with Crippen molar-refractivity contribution in [3.63, 3.8) is 0 Å². The van der Waals surface area contributed by atoms with Crippen LogP contribution in [0.15, 0.2) is 36.4 Å². The first-order valence-corrected chi connectivity index (χ1v) is 8.79. The minimum absolute atomic E-state index is 0.198. The average molecular weight is 341 g/mol. The van der Waals surface area contributed by atoms with E-state index in [1.807, 2.05) is 12.1 Å². The lowest BCUT2D eigenvalue weighted by molar-refractivity contribution is 0.322. The molecule has 2 unspecified atom stereocenters. The van der Waals surface area contributed by atoms with Gasteiger partial charge in [0.1, 0.15) is 0 Å². The van der Waals surface area contributed by atoms with E-state index < -0.39 is 0 Å². The van der Waals surface area contributed by atoms with Crippen LogP contribution in [-0.2, 0) is 12.8 Å². The highest BCUT2D eigenvalue weighted by Gasteiger charge is 2.22.